The van der Waals surface area contributed by atoms with Gasteiger partial charge in [-0.15, -0.1) is 0 Å². The van der Waals surface area contributed by atoms with Crippen LogP contribution in [-0.2, 0) is 4.79 Å². The smallest absolute Gasteiger partial charge is 0.320 e. The Morgan fingerprint density at radius 3 is 2.55 bits per heavy atom. The number of aliphatic carboxylic acids is 1. The van der Waals surface area contributed by atoms with Gasteiger partial charge >= 0.3 is 12.0 Å². The molecule has 0 fully saturated rings. The first-order valence-electron chi connectivity index (χ1n) is 3.03. The number of carboxylic acids is 1. The van der Waals surface area contributed by atoms with Gasteiger partial charge in [0.2, 0.25) is 0 Å². The van der Waals surface area contributed by atoms with E-state index < -0.39 is 18.0 Å². The van der Waals surface area contributed by atoms with Gasteiger partial charge in [0, 0.05) is 0 Å². The monoisotopic (exact) mass is 161 g/mol. The summed E-state index contributed by atoms with van der Waals surface area (Å²) in [6.07, 6.45) is 0. The highest BCUT2D eigenvalue weighted by atomic mass is 16.4. The summed E-state index contributed by atoms with van der Waals surface area (Å²) in [5.74, 6) is -0.976. The van der Waals surface area contributed by atoms with Crippen molar-refractivity contribution >= 4 is 12.0 Å². The first kappa shape index (κ1) is 9.70. The molecular weight excluding hydrogens is 150 g/mol. The molecule has 6 heteroatoms. The lowest BCUT2D eigenvalue weighted by molar-refractivity contribution is -0.139. The molecule has 0 saturated carbocycles. The molecule has 0 radical (unpaired) electrons. The lowest BCUT2D eigenvalue weighted by atomic mass is 10.3. The number of amides is 2. The fourth-order valence-electron chi connectivity index (χ4n) is 0.379. The molecule has 0 saturated heterocycles. The maximum Gasteiger partial charge on any atom is 0.320 e. The van der Waals surface area contributed by atoms with Gasteiger partial charge in [-0.3, -0.25) is 10.1 Å². The third-order valence-corrected chi connectivity index (χ3v) is 1.04. The normalized spacial score (nSPS) is 12.1. The molecule has 0 aliphatic heterocycles. The van der Waals surface area contributed by atoms with E-state index in [2.05, 4.69) is 10.6 Å². The second-order valence-corrected chi connectivity index (χ2v) is 1.98. The molecule has 6 nitrogen and oxygen atoms in total. The predicted molar refractivity (Wildman–Crippen MR) is 37.8 cm³/mol. The Hall–Kier alpha value is -1.30. The molecule has 1 atom stereocenters. The minimum atomic E-state index is -0.976. The summed E-state index contributed by atoms with van der Waals surface area (Å²) in [6, 6.07) is -1.38. The average molecular weight is 161 g/mol. The second-order valence-electron chi connectivity index (χ2n) is 1.98. The van der Waals surface area contributed by atoms with Gasteiger partial charge in [0.25, 0.3) is 0 Å². The van der Waals surface area contributed by atoms with Crippen LogP contribution in [0.4, 0.5) is 4.79 Å². The summed E-state index contributed by atoms with van der Waals surface area (Å²) in [7, 11) is 0. The van der Waals surface area contributed by atoms with Gasteiger partial charge < -0.3 is 16.2 Å². The van der Waals surface area contributed by atoms with Gasteiger partial charge in [-0.25, -0.2) is 4.79 Å². The highest BCUT2D eigenvalue weighted by Crippen LogP contribution is 1.77. The average Bonchev–Trinajstić information content (AvgIpc) is 1.86. The molecule has 0 aromatic carbocycles. The van der Waals surface area contributed by atoms with Crippen molar-refractivity contribution in [1.29, 1.82) is 0 Å². The molecule has 5 N–H and O–H groups in total. The number of primary amides is 1. The van der Waals surface area contributed by atoms with E-state index >= 15 is 0 Å². The van der Waals surface area contributed by atoms with E-state index in [-0.39, 0.29) is 6.67 Å². The number of carbonyl (C=O) groups excluding carboxylic acids is 1. The fraction of sp³-hybridized carbons (Fsp3) is 0.600. The first-order chi connectivity index (χ1) is 5.04. The summed E-state index contributed by atoms with van der Waals surface area (Å²) in [5, 5.41) is 13.0. The number of nitrogens with two attached hydrogens (primary N) is 1. The fourth-order valence-corrected chi connectivity index (χ4v) is 0.379. The van der Waals surface area contributed by atoms with Crippen LogP contribution in [0.15, 0.2) is 0 Å². The van der Waals surface area contributed by atoms with Crippen molar-refractivity contribution in [3.05, 3.63) is 0 Å². The summed E-state index contributed by atoms with van der Waals surface area (Å²) < 4.78 is 0. The quantitative estimate of drug-likeness (QED) is 0.383. The number of nitrogens with one attached hydrogen (secondary N) is 2. The molecule has 0 spiro atoms. The second kappa shape index (κ2) is 4.51. The van der Waals surface area contributed by atoms with Gasteiger partial charge in [-0.2, -0.15) is 0 Å². The van der Waals surface area contributed by atoms with Gasteiger partial charge in [-0.05, 0) is 6.92 Å². The Morgan fingerprint density at radius 2 is 2.18 bits per heavy atom. The van der Waals surface area contributed by atoms with E-state index in [0.29, 0.717) is 0 Å². The minimum Gasteiger partial charge on any atom is -0.480 e. The topological polar surface area (TPSA) is 104 Å². The summed E-state index contributed by atoms with van der Waals surface area (Å²) >= 11 is 0. The van der Waals surface area contributed by atoms with Gasteiger partial charge in [0.15, 0.2) is 0 Å². The molecule has 0 aliphatic carbocycles. The zero-order chi connectivity index (χ0) is 8.85. The molecule has 0 rings (SSSR count). The first-order valence-corrected chi connectivity index (χ1v) is 3.03. The van der Waals surface area contributed by atoms with Crippen LogP contribution in [0.5, 0.6) is 0 Å². The number of carbonyl (C=O) groups is 2. The van der Waals surface area contributed by atoms with Crippen LogP contribution < -0.4 is 16.4 Å². The van der Waals surface area contributed by atoms with Gasteiger partial charge in [-0.1, -0.05) is 0 Å². The van der Waals surface area contributed by atoms with Crippen LogP contribution in [0.3, 0.4) is 0 Å². The Morgan fingerprint density at radius 1 is 1.64 bits per heavy atom. The maximum atomic E-state index is 10.2. The van der Waals surface area contributed by atoms with Crippen LogP contribution in [-0.4, -0.2) is 29.8 Å². The van der Waals surface area contributed by atoms with Crippen molar-refractivity contribution in [3.63, 3.8) is 0 Å². The van der Waals surface area contributed by atoms with Crippen LogP contribution in [0.25, 0.3) is 0 Å². The summed E-state index contributed by atoms with van der Waals surface area (Å²) in [4.78, 5) is 20.2. The summed E-state index contributed by atoms with van der Waals surface area (Å²) in [6.45, 7) is 1.52. The molecular formula is C5H11N3O3. The molecule has 64 valence electrons. The zero-order valence-corrected chi connectivity index (χ0v) is 6.13. The van der Waals surface area contributed by atoms with Gasteiger partial charge in [0.1, 0.15) is 6.04 Å². The van der Waals surface area contributed by atoms with E-state index in [0.717, 1.165) is 0 Å². The van der Waals surface area contributed by atoms with Crippen molar-refractivity contribution < 1.29 is 14.7 Å². The van der Waals surface area contributed by atoms with E-state index in [1.54, 1.807) is 0 Å². The Kier molecular flexibility index (Phi) is 3.97. The van der Waals surface area contributed by atoms with Crippen molar-refractivity contribution in [2.24, 2.45) is 5.73 Å². The number of urea groups is 1. The van der Waals surface area contributed by atoms with Crippen molar-refractivity contribution in [2.75, 3.05) is 6.67 Å². The standard InChI is InChI=1S/C5H11N3O3/c1-3(4(9)10)7-2-8-5(6)11/h3,7H,2H2,1H3,(H,9,10)(H3,6,8,11)/t3-/m1/s1. The molecule has 0 aromatic heterocycles. The number of rotatable bonds is 4. The number of hydrogen-bond acceptors (Lipinski definition) is 3. The Bertz CT molecular complexity index is 159. The van der Waals surface area contributed by atoms with Gasteiger partial charge in [0.05, 0.1) is 6.67 Å². The van der Waals surface area contributed by atoms with E-state index in [1.807, 2.05) is 0 Å². The zero-order valence-electron chi connectivity index (χ0n) is 6.13. The largest absolute Gasteiger partial charge is 0.480 e. The SMILES string of the molecule is C[C@@H](NCNC(N)=O)C(=O)O. The summed E-state index contributed by atoms with van der Waals surface area (Å²) in [5.41, 5.74) is 4.72. The third kappa shape index (κ3) is 5.16. The highest BCUT2D eigenvalue weighted by Gasteiger charge is 2.08. The van der Waals surface area contributed by atoms with Crippen molar-refractivity contribution in [3.8, 4) is 0 Å². The molecule has 0 heterocycles. The van der Waals surface area contributed by atoms with E-state index in [9.17, 15) is 9.59 Å². The van der Waals surface area contributed by atoms with Crippen LogP contribution in [0.2, 0.25) is 0 Å². The molecule has 0 unspecified atom stereocenters. The number of carboxylic acid groups (broad SMARTS) is 1. The Labute approximate surface area is 63.8 Å². The maximum absolute atomic E-state index is 10.2. The minimum absolute atomic E-state index is 0.0583. The van der Waals surface area contributed by atoms with Crippen LogP contribution >= 0.6 is 0 Å². The molecule has 0 aromatic rings. The molecule has 0 bridgehead atoms. The highest BCUT2D eigenvalue weighted by molar-refractivity contribution is 5.73. The lowest BCUT2D eigenvalue weighted by Crippen LogP contribution is -2.43. The third-order valence-electron chi connectivity index (χ3n) is 1.04. The van der Waals surface area contributed by atoms with Crippen molar-refractivity contribution in [1.82, 2.24) is 10.6 Å². The molecule has 0 aliphatic rings. The lowest BCUT2D eigenvalue weighted by Gasteiger charge is -2.07. The van der Waals surface area contributed by atoms with E-state index in [1.165, 1.54) is 6.92 Å². The number of hydrogen-bond donors (Lipinski definition) is 4. The van der Waals surface area contributed by atoms with Crippen molar-refractivity contribution in [2.45, 2.75) is 13.0 Å². The van der Waals surface area contributed by atoms with Crippen LogP contribution in [0, 0.1) is 0 Å². The molecule has 11 heavy (non-hydrogen) atoms. The molecule has 2 amide bonds. The predicted octanol–water partition coefficient (Wildman–Crippen LogP) is -1.33. The van der Waals surface area contributed by atoms with E-state index in [4.69, 9.17) is 10.8 Å². The Balaban J connectivity index is 3.39. The van der Waals surface area contributed by atoms with Crippen LogP contribution in [0.1, 0.15) is 6.92 Å².